The summed E-state index contributed by atoms with van der Waals surface area (Å²) in [5.41, 5.74) is -4.56. The summed E-state index contributed by atoms with van der Waals surface area (Å²) in [6.45, 7) is 7.53. The van der Waals surface area contributed by atoms with E-state index in [1.807, 2.05) is 4.90 Å². The van der Waals surface area contributed by atoms with Gasteiger partial charge in [-0.1, -0.05) is 13.0 Å². The van der Waals surface area contributed by atoms with Crippen LogP contribution >= 0.6 is 0 Å². The largest absolute Gasteiger partial charge is 0.501 e. The van der Waals surface area contributed by atoms with Gasteiger partial charge in [-0.3, -0.25) is 4.90 Å². The molecular formula is C15H21F3N2O2S. The van der Waals surface area contributed by atoms with Crippen molar-refractivity contribution in [1.29, 1.82) is 0 Å². The number of hydrogen-bond acceptors (Lipinski definition) is 4. The molecule has 0 amide bonds. The molecule has 0 saturated carbocycles. The van der Waals surface area contributed by atoms with E-state index in [4.69, 9.17) is 0 Å². The van der Waals surface area contributed by atoms with Gasteiger partial charge in [0, 0.05) is 31.9 Å². The summed E-state index contributed by atoms with van der Waals surface area (Å²) in [6.07, 6.45) is 1.05. The number of piperazine rings is 1. The molecule has 1 aliphatic heterocycles. The Balaban J connectivity index is 2.28. The zero-order valence-corrected chi connectivity index (χ0v) is 14.0. The van der Waals surface area contributed by atoms with Gasteiger partial charge in [0.1, 0.15) is 0 Å². The molecule has 0 radical (unpaired) electrons. The second-order valence-corrected chi connectivity index (χ2v) is 7.59. The maximum Gasteiger partial charge on any atom is 0.501 e. The molecule has 130 valence electrons. The van der Waals surface area contributed by atoms with E-state index in [1.165, 1.54) is 13.0 Å². The summed E-state index contributed by atoms with van der Waals surface area (Å²) in [6, 6.07) is 4.08. The van der Waals surface area contributed by atoms with Crippen LogP contribution in [-0.4, -0.2) is 51.5 Å². The minimum atomic E-state index is -5.32. The first-order valence-corrected chi connectivity index (χ1v) is 9.05. The van der Waals surface area contributed by atoms with Crippen LogP contribution in [0.2, 0.25) is 0 Å². The van der Waals surface area contributed by atoms with Crippen LogP contribution in [0.5, 0.6) is 0 Å². The van der Waals surface area contributed by atoms with Gasteiger partial charge in [0.15, 0.2) is 0 Å². The van der Waals surface area contributed by atoms with Crippen LogP contribution in [0, 0.1) is 6.92 Å². The molecule has 1 aromatic carbocycles. The predicted octanol–water partition coefficient (Wildman–Crippen LogP) is 2.82. The van der Waals surface area contributed by atoms with Crippen LogP contribution in [0.1, 0.15) is 18.9 Å². The fourth-order valence-electron chi connectivity index (χ4n) is 2.89. The Kier molecular flexibility index (Phi) is 5.25. The first-order chi connectivity index (χ1) is 10.7. The standard InChI is InChI=1S/C15H21F3N2O2S/c1-3-7-19-8-10-20(11-9-19)13-5-4-6-14(12(13)2)23(21,22)15(16,17)18/h4-6H,3,7-11H2,1-2H3. The summed E-state index contributed by atoms with van der Waals surface area (Å²) >= 11 is 0. The van der Waals surface area contributed by atoms with Gasteiger partial charge >= 0.3 is 5.51 Å². The summed E-state index contributed by atoms with van der Waals surface area (Å²) < 4.78 is 61.8. The molecule has 1 saturated heterocycles. The van der Waals surface area contributed by atoms with Crippen LogP contribution in [0.25, 0.3) is 0 Å². The average Bonchev–Trinajstić information content (AvgIpc) is 2.47. The molecule has 1 fully saturated rings. The second kappa shape index (κ2) is 6.68. The van der Waals surface area contributed by atoms with Gasteiger partial charge in [-0.2, -0.15) is 13.2 Å². The first kappa shape index (κ1) is 18.1. The molecule has 8 heteroatoms. The molecule has 0 spiro atoms. The summed E-state index contributed by atoms with van der Waals surface area (Å²) in [5.74, 6) is 0. The summed E-state index contributed by atoms with van der Waals surface area (Å²) in [7, 11) is -5.32. The van der Waals surface area contributed by atoms with Gasteiger partial charge in [-0.05, 0) is 37.6 Å². The Bertz CT molecular complexity index is 651. The van der Waals surface area contributed by atoms with E-state index in [2.05, 4.69) is 11.8 Å². The number of sulfone groups is 1. The topological polar surface area (TPSA) is 40.6 Å². The highest BCUT2D eigenvalue weighted by Crippen LogP contribution is 2.35. The van der Waals surface area contributed by atoms with E-state index >= 15 is 0 Å². The van der Waals surface area contributed by atoms with E-state index in [9.17, 15) is 21.6 Å². The second-order valence-electron chi connectivity index (χ2n) is 5.68. The molecule has 2 rings (SSSR count). The molecular weight excluding hydrogens is 329 g/mol. The normalized spacial score (nSPS) is 17.5. The average molecular weight is 350 g/mol. The van der Waals surface area contributed by atoms with E-state index in [1.54, 1.807) is 6.07 Å². The van der Waals surface area contributed by atoms with E-state index in [0.29, 0.717) is 18.8 Å². The highest BCUT2D eigenvalue weighted by Gasteiger charge is 2.47. The maximum atomic E-state index is 12.8. The molecule has 1 aromatic rings. The van der Waals surface area contributed by atoms with E-state index < -0.39 is 20.2 Å². The Hall–Kier alpha value is -1.28. The third kappa shape index (κ3) is 3.63. The Morgan fingerprint density at radius 3 is 2.26 bits per heavy atom. The van der Waals surface area contributed by atoms with Crippen molar-refractivity contribution in [2.75, 3.05) is 37.6 Å². The molecule has 23 heavy (non-hydrogen) atoms. The molecule has 0 bridgehead atoms. The number of benzene rings is 1. The monoisotopic (exact) mass is 350 g/mol. The number of hydrogen-bond donors (Lipinski definition) is 0. The third-order valence-corrected chi connectivity index (χ3v) is 5.73. The van der Waals surface area contributed by atoms with Gasteiger partial charge in [0.2, 0.25) is 0 Å². The van der Waals surface area contributed by atoms with Gasteiger partial charge in [-0.25, -0.2) is 8.42 Å². The zero-order chi connectivity index (χ0) is 17.3. The molecule has 0 aromatic heterocycles. The van der Waals surface area contributed by atoms with Crippen molar-refractivity contribution in [2.24, 2.45) is 0 Å². The lowest BCUT2D eigenvalue weighted by Gasteiger charge is -2.37. The molecule has 0 aliphatic carbocycles. The molecule has 1 aliphatic rings. The number of anilines is 1. The lowest BCUT2D eigenvalue weighted by Crippen LogP contribution is -2.46. The van der Waals surface area contributed by atoms with Crippen molar-refractivity contribution in [2.45, 2.75) is 30.7 Å². The quantitative estimate of drug-likeness (QED) is 0.837. The van der Waals surface area contributed by atoms with Crippen molar-refractivity contribution < 1.29 is 21.6 Å². The van der Waals surface area contributed by atoms with Gasteiger partial charge in [0.05, 0.1) is 4.90 Å². The fourth-order valence-corrected chi connectivity index (χ4v) is 3.90. The van der Waals surface area contributed by atoms with Crippen LogP contribution in [0.15, 0.2) is 23.1 Å². The molecule has 4 nitrogen and oxygen atoms in total. The van der Waals surface area contributed by atoms with Gasteiger partial charge in [0.25, 0.3) is 9.84 Å². The molecule has 0 atom stereocenters. The van der Waals surface area contributed by atoms with Crippen LogP contribution < -0.4 is 4.90 Å². The van der Waals surface area contributed by atoms with Crippen LogP contribution in [-0.2, 0) is 9.84 Å². The minimum Gasteiger partial charge on any atom is -0.369 e. The maximum absolute atomic E-state index is 12.8. The first-order valence-electron chi connectivity index (χ1n) is 7.56. The van der Waals surface area contributed by atoms with Crippen molar-refractivity contribution in [3.63, 3.8) is 0 Å². The van der Waals surface area contributed by atoms with E-state index in [-0.39, 0.29) is 5.56 Å². The summed E-state index contributed by atoms with van der Waals surface area (Å²) in [5, 5.41) is 0. The Labute approximate surface area is 134 Å². The van der Waals surface area contributed by atoms with Crippen molar-refractivity contribution in [3.05, 3.63) is 23.8 Å². The highest BCUT2D eigenvalue weighted by molar-refractivity contribution is 7.92. The minimum absolute atomic E-state index is 0.161. The number of alkyl halides is 3. The van der Waals surface area contributed by atoms with Crippen LogP contribution in [0.3, 0.4) is 0 Å². The van der Waals surface area contributed by atoms with Crippen molar-refractivity contribution >= 4 is 15.5 Å². The number of rotatable bonds is 4. The fraction of sp³-hybridized carbons (Fsp3) is 0.600. The van der Waals surface area contributed by atoms with Gasteiger partial charge < -0.3 is 4.90 Å². The summed E-state index contributed by atoms with van der Waals surface area (Å²) in [4.78, 5) is 3.59. The molecule has 0 N–H and O–H groups in total. The number of halogens is 3. The molecule has 1 heterocycles. The Morgan fingerprint density at radius 1 is 1.13 bits per heavy atom. The predicted molar refractivity (Wildman–Crippen MR) is 83.4 cm³/mol. The SMILES string of the molecule is CCCN1CCN(c2cccc(S(=O)(=O)C(F)(F)F)c2C)CC1. The Morgan fingerprint density at radius 2 is 1.74 bits per heavy atom. The number of nitrogens with zero attached hydrogens (tertiary/aromatic N) is 2. The van der Waals surface area contributed by atoms with Gasteiger partial charge in [-0.15, -0.1) is 0 Å². The lowest BCUT2D eigenvalue weighted by molar-refractivity contribution is -0.0436. The highest BCUT2D eigenvalue weighted by atomic mass is 32.2. The third-order valence-electron chi connectivity index (χ3n) is 4.10. The molecule has 0 unspecified atom stereocenters. The smallest absolute Gasteiger partial charge is 0.369 e. The zero-order valence-electron chi connectivity index (χ0n) is 13.2. The van der Waals surface area contributed by atoms with Crippen LogP contribution in [0.4, 0.5) is 18.9 Å². The van der Waals surface area contributed by atoms with Crippen molar-refractivity contribution in [1.82, 2.24) is 4.90 Å². The van der Waals surface area contributed by atoms with E-state index in [0.717, 1.165) is 32.1 Å². The lowest BCUT2D eigenvalue weighted by atomic mass is 10.1. The van der Waals surface area contributed by atoms with Crippen molar-refractivity contribution in [3.8, 4) is 0 Å².